The lowest BCUT2D eigenvalue weighted by atomic mass is 9.99. The van der Waals surface area contributed by atoms with Crippen LogP contribution in [0.1, 0.15) is 22.0 Å². The zero-order valence-corrected chi connectivity index (χ0v) is 12.0. The van der Waals surface area contributed by atoms with Gasteiger partial charge in [0.1, 0.15) is 29.2 Å². The number of hydrogen-bond acceptors (Lipinski definition) is 4. The third-order valence-electron chi connectivity index (χ3n) is 3.19. The monoisotopic (exact) mass is 308 g/mol. The fourth-order valence-electron chi connectivity index (χ4n) is 1.97. The molecular formula is C16H14F2O4. The number of rotatable bonds is 5. The number of carbonyl (C=O) groups excluding carboxylic acids is 1. The molecular weight excluding hydrogens is 294 g/mol. The number of aliphatic hydroxyl groups excluding tert-OH is 1. The van der Waals surface area contributed by atoms with Gasteiger partial charge in [0.2, 0.25) is 0 Å². The van der Waals surface area contributed by atoms with Crippen molar-refractivity contribution in [3.63, 3.8) is 0 Å². The Morgan fingerprint density at radius 2 is 1.55 bits per heavy atom. The molecule has 116 valence electrons. The fourth-order valence-corrected chi connectivity index (χ4v) is 1.97. The molecule has 6 heteroatoms. The third kappa shape index (κ3) is 3.07. The van der Waals surface area contributed by atoms with E-state index in [9.17, 15) is 18.7 Å². The minimum absolute atomic E-state index is 0.235. The van der Waals surface area contributed by atoms with Gasteiger partial charge >= 0.3 is 0 Å². The molecule has 1 atom stereocenters. The lowest BCUT2D eigenvalue weighted by Crippen LogP contribution is -2.15. The van der Waals surface area contributed by atoms with Gasteiger partial charge in [-0.2, -0.15) is 0 Å². The lowest BCUT2D eigenvalue weighted by Gasteiger charge is -2.13. The minimum atomic E-state index is -1.81. The van der Waals surface area contributed by atoms with Gasteiger partial charge in [-0.3, -0.25) is 4.79 Å². The van der Waals surface area contributed by atoms with Crippen molar-refractivity contribution >= 4 is 5.78 Å². The Labute approximate surface area is 125 Å². The Morgan fingerprint density at radius 1 is 1.00 bits per heavy atom. The van der Waals surface area contributed by atoms with Crippen molar-refractivity contribution in [1.82, 2.24) is 0 Å². The van der Waals surface area contributed by atoms with Gasteiger partial charge in [-0.05, 0) is 24.3 Å². The highest BCUT2D eigenvalue weighted by molar-refractivity contribution is 6.00. The molecule has 0 heterocycles. The molecule has 0 saturated heterocycles. The van der Waals surface area contributed by atoms with Crippen molar-refractivity contribution in [2.45, 2.75) is 6.10 Å². The van der Waals surface area contributed by atoms with Crippen molar-refractivity contribution in [2.75, 3.05) is 14.2 Å². The molecule has 0 bridgehead atoms. The van der Waals surface area contributed by atoms with E-state index in [1.54, 1.807) is 0 Å². The van der Waals surface area contributed by atoms with Crippen molar-refractivity contribution in [2.24, 2.45) is 0 Å². The van der Waals surface area contributed by atoms with Gasteiger partial charge in [-0.15, -0.1) is 0 Å². The molecule has 0 aliphatic heterocycles. The van der Waals surface area contributed by atoms with E-state index in [0.717, 1.165) is 12.1 Å². The van der Waals surface area contributed by atoms with Gasteiger partial charge in [0.25, 0.3) is 0 Å². The van der Waals surface area contributed by atoms with Crippen molar-refractivity contribution in [1.29, 1.82) is 0 Å². The van der Waals surface area contributed by atoms with Gasteiger partial charge in [0.15, 0.2) is 5.78 Å². The smallest absolute Gasteiger partial charge is 0.198 e. The third-order valence-corrected chi connectivity index (χ3v) is 3.19. The number of aliphatic hydroxyl groups is 1. The number of halogens is 2. The summed E-state index contributed by atoms with van der Waals surface area (Å²) in [5.74, 6) is -2.12. The van der Waals surface area contributed by atoms with Gasteiger partial charge in [-0.25, -0.2) is 8.78 Å². The van der Waals surface area contributed by atoms with E-state index in [-0.39, 0.29) is 22.6 Å². The number of carbonyl (C=O) groups is 1. The first-order valence-electron chi connectivity index (χ1n) is 6.37. The summed E-state index contributed by atoms with van der Waals surface area (Å²) in [5, 5.41) is 10.0. The minimum Gasteiger partial charge on any atom is -0.497 e. The zero-order chi connectivity index (χ0) is 16.3. The maximum absolute atomic E-state index is 13.9. The second-order valence-electron chi connectivity index (χ2n) is 4.50. The van der Waals surface area contributed by atoms with Crippen LogP contribution in [-0.4, -0.2) is 25.1 Å². The molecule has 0 aromatic heterocycles. The van der Waals surface area contributed by atoms with Gasteiger partial charge in [-0.1, -0.05) is 0 Å². The number of ether oxygens (including phenoxy) is 2. The molecule has 0 amide bonds. The fraction of sp³-hybridized carbons (Fsp3) is 0.188. The Hall–Kier alpha value is -2.47. The summed E-state index contributed by atoms with van der Waals surface area (Å²) < 4.78 is 37.4. The summed E-state index contributed by atoms with van der Waals surface area (Å²) in [6.45, 7) is 0. The van der Waals surface area contributed by atoms with Crippen molar-refractivity contribution in [3.8, 4) is 11.5 Å². The summed E-state index contributed by atoms with van der Waals surface area (Å²) in [6.07, 6.45) is -1.81. The highest BCUT2D eigenvalue weighted by Crippen LogP contribution is 2.26. The molecule has 2 aromatic rings. The molecule has 0 radical (unpaired) electrons. The van der Waals surface area contributed by atoms with Crippen LogP contribution < -0.4 is 9.47 Å². The molecule has 2 aromatic carbocycles. The van der Waals surface area contributed by atoms with Crippen LogP contribution in [0, 0.1) is 11.6 Å². The quantitative estimate of drug-likeness (QED) is 0.863. The van der Waals surface area contributed by atoms with Crippen LogP contribution in [0.3, 0.4) is 0 Å². The van der Waals surface area contributed by atoms with Crippen LogP contribution in [0.4, 0.5) is 8.78 Å². The first-order valence-corrected chi connectivity index (χ1v) is 6.37. The van der Waals surface area contributed by atoms with Crippen LogP contribution in [0.2, 0.25) is 0 Å². The Bertz CT molecular complexity index is 701. The predicted octanol–water partition coefficient (Wildman–Crippen LogP) is 2.90. The molecule has 0 spiro atoms. The number of hydrogen-bond donors (Lipinski definition) is 1. The average molecular weight is 308 g/mol. The topological polar surface area (TPSA) is 55.8 Å². The second-order valence-corrected chi connectivity index (χ2v) is 4.50. The largest absolute Gasteiger partial charge is 0.497 e. The molecule has 22 heavy (non-hydrogen) atoms. The van der Waals surface area contributed by atoms with E-state index in [2.05, 4.69) is 0 Å². The summed E-state index contributed by atoms with van der Waals surface area (Å²) in [5.41, 5.74) is -0.593. The Morgan fingerprint density at radius 3 is 2.05 bits per heavy atom. The Balaban J connectivity index is 2.33. The number of methoxy groups -OCH3 is 2. The highest BCUT2D eigenvalue weighted by Gasteiger charge is 2.25. The molecule has 1 unspecified atom stereocenters. The molecule has 0 fully saturated rings. The van der Waals surface area contributed by atoms with E-state index >= 15 is 0 Å². The van der Waals surface area contributed by atoms with Crippen LogP contribution in [0.5, 0.6) is 11.5 Å². The van der Waals surface area contributed by atoms with Crippen molar-refractivity contribution in [3.05, 3.63) is 59.2 Å². The SMILES string of the molecule is COc1ccc(C(=O)C(O)c2ccc(OC)cc2F)c(F)c1. The molecule has 0 saturated carbocycles. The lowest BCUT2D eigenvalue weighted by molar-refractivity contribution is 0.0735. The Kier molecular flexibility index (Phi) is 4.72. The molecule has 0 aliphatic carbocycles. The van der Waals surface area contributed by atoms with Gasteiger partial charge < -0.3 is 14.6 Å². The van der Waals surface area contributed by atoms with E-state index in [1.807, 2.05) is 0 Å². The summed E-state index contributed by atoms with van der Waals surface area (Å²) >= 11 is 0. The number of ketones is 1. The maximum atomic E-state index is 13.9. The van der Waals surface area contributed by atoms with Crippen LogP contribution in [0.25, 0.3) is 0 Å². The first-order chi connectivity index (χ1) is 10.5. The molecule has 0 aliphatic rings. The van der Waals surface area contributed by atoms with Crippen molar-refractivity contribution < 1.29 is 28.2 Å². The highest BCUT2D eigenvalue weighted by atomic mass is 19.1. The zero-order valence-electron chi connectivity index (χ0n) is 12.0. The standard InChI is InChI=1S/C16H14F2O4/c1-21-9-3-5-11(13(17)7-9)15(19)16(20)12-6-4-10(22-2)8-14(12)18/h3-8,15,19H,1-2H3. The van der Waals surface area contributed by atoms with E-state index in [4.69, 9.17) is 9.47 Å². The first kappa shape index (κ1) is 15.9. The predicted molar refractivity (Wildman–Crippen MR) is 75.2 cm³/mol. The normalized spacial score (nSPS) is 11.9. The molecule has 1 N–H and O–H groups in total. The average Bonchev–Trinajstić information content (AvgIpc) is 2.53. The van der Waals surface area contributed by atoms with Gasteiger partial charge in [0, 0.05) is 17.7 Å². The summed E-state index contributed by atoms with van der Waals surface area (Å²) in [7, 11) is 2.72. The maximum Gasteiger partial charge on any atom is 0.198 e. The van der Waals surface area contributed by atoms with E-state index < -0.39 is 23.5 Å². The summed E-state index contributed by atoms with van der Waals surface area (Å²) in [4.78, 5) is 12.1. The van der Waals surface area contributed by atoms with Crippen LogP contribution >= 0.6 is 0 Å². The van der Waals surface area contributed by atoms with E-state index in [0.29, 0.717) is 0 Å². The summed E-state index contributed by atoms with van der Waals surface area (Å²) in [6, 6.07) is 7.24. The number of Topliss-reactive ketones (excluding diaryl/α,β-unsaturated/α-hetero) is 1. The van der Waals surface area contributed by atoms with Crippen LogP contribution in [-0.2, 0) is 0 Å². The molecule has 2 rings (SSSR count). The van der Waals surface area contributed by atoms with E-state index in [1.165, 1.54) is 38.5 Å². The van der Waals surface area contributed by atoms with Gasteiger partial charge in [0.05, 0.1) is 19.8 Å². The number of benzene rings is 2. The second kappa shape index (κ2) is 6.53. The molecule has 4 nitrogen and oxygen atoms in total. The van der Waals surface area contributed by atoms with Crippen LogP contribution in [0.15, 0.2) is 36.4 Å².